The topological polar surface area (TPSA) is 9.23 Å². The average Bonchev–Trinajstić information content (AvgIpc) is 2.28. The fourth-order valence-electron chi connectivity index (χ4n) is 1.72. The summed E-state index contributed by atoms with van der Waals surface area (Å²) < 4.78 is 5.57. The quantitative estimate of drug-likeness (QED) is 0.651. The Morgan fingerprint density at radius 2 is 2.06 bits per heavy atom. The van der Waals surface area contributed by atoms with Crippen LogP contribution in [0, 0.1) is 6.92 Å². The van der Waals surface area contributed by atoms with Crippen molar-refractivity contribution in [2.45, 2.75) is 32.6 Å². The number of allylic oxidation sites excluding steroid dienone is 1. The highest BCUT2D eigenvalue weighted by Gasteiger charge is 2.05. The third-order valence-electron chi connectivity index (χ3n) is 2.55. The van der Waals surface area contributed by atoms with Gasteiger partial charge in [0.25, 0.3) is 0 Å². The first kappa shape index (κ1) is 12.8. The molecule has 0 aliphatic rings. The van der Waals surface area contributed by atoms with Crippen molar-refractivity contribution >= 4 is 0 Å². The zero-order valence-corrected chi connectivity index (χ0v) is 10.3. The van der Waals surface area contributed by atoms with Crippen molar-refractivity contribution in [3.63, 3.8) is 0 Å². The summed E-state index contributed by atoms with van der Waals surface area (Å²) in [4.78, 5) is 0. The van der Waals surface area contributed by atoms with Gasteiger partial charge in [-0.3, -0.25) is 0 Å². The Hall–Kier alpha value is -1.24. The van der Waals surface area contributed by atoms with Crippen molar-refractivity contribution in [3.05, 3.63) is 48.9 Å². The highest BCUT2D eigenvalue weighted by Crippen LogP contribution is 2.24. The number of ether oxygens (including phenoxy) is 1. The van der Waals surface area contributed by atoms with E-state index < -0.39 is 0 Å². The van der Waals surface area contributed by atoms with Crippen molar-refractivity contribution in [1.29, 1.82) is 0 Å². The summed E-state index contributed by atoms with van der Waals surface area (Å²) in [7, 11) is 0. The number of hydrogen-bond acceptors (Lipinski definition) is 1. The van der Waals surface area contributed by atoms with Crippen LogP contribution in [0.25, 0.3) is 0 Å². The summed E-state index contributed by atoms with van der Waals surface area (Å²) in [5.74, 6) is 1.08. The van der Waals surface area contributed by atoms with E-state index in [9.17, 15) is 0 Å². The lowest BCUT2D eigenvalue weighted by Gasteiger charge is -2.12. The Kier molecular flexibility index (Phi) is 5.10. The largest absolute Gasteiger partial charge is 0.494 e. The first-order valence-corrected chi connectivity index (χ1v) is 5.93. The zero-order chi connectivity index (χ0) is 12.0. The molecule has 0 fully saturated rings. The second-order valence-corrected chi connectivity index (χ2v) is 3.94. The van der Waals surface area contributed by atoms with Gasteiger partial charge in [0, 0.05) is 5.92 Å². The van der Waals surface area contributed by atoms with Crippen LogP contribution in [0.15, 0.2) is 30.9 Å². The minimum absolute atomic E-state index is 0.135. The minimum atomic E-state index is 0.135. The van der Waals surface area contributed by atoms with Crippen molar-refractivity contribution < 1.29 is 4.74 Å². The molecule has 1 nitrogen and oxygen atoms in total. The second kappa shape index (κ2) is 6.37. The molecule has 1 rings (SSSR count). The first-order valence-electron chi connectivity index (χ1n) is 5.93. The molecule has 0 saturated carbocycles. The van der Waals surface area contributed by atoms with Gasteiger partial charge in [0.15, 0.2) is 0 Å². The molecule has 1 atom stereocenters. The molecule has 0 amide bonds. The van der Waals surface area contributed by atoms with E-state index in [1.165, 1.54) is 11.1 Å². The molecular formula is C15H21O. The monoisotopic (exact) mass is 217 g/mol. The van der Waals surface area contributed by atoms with E-state index in [1.54, 1.807) is 0 Å². The van der Waals surface area contributed by atoms with Gasteiger partial charge >= 0.3 is 0 Å². The Labute approximate surface area is 99.1 Å². The smallest absolute Gasteiger partial charge is 0.119 e. The van der Waals surface area contributed by atoms with Gasteiger partial charge in [0.2, 0.25) is 0 Å². The molecule has 0 spiro atoms. The molecule has 1 aromatic rings. The summed E-state index contributed by atoms with van der Waals surface area (Å²) in [6, 6.07) is 6.37. The number of rotatable bonds is 6. The van der Waals surface area contributed by atoms with Crippen molar-refractivity contribution in [3.8, 4) is 5.75 Å². The van der Waals surface area contributed by atoms with E-state index in [4.69, 9.17) is 4.74 Å². The summed E-state index contributed by atoms with van der Waals surface area (Å²) in [5, 5.41) is 0. The molecule has 1 heteroatoms. The molecular weight excluding hydrogens is 196 g/mol. The normalized spacial score (nSPS) is 12.2. The van der Waals surface area contributed by atoms with Crippen molar-refractivity contribution in [2.75, 3.05) is 6.61 Å². The number of hydrogen-bond donors (Lipinski definition) is 0. The van der Waals surface area contributed by atoms with Crippen molar-refractivity contribution in [1.82, 2.24) is 0 Å². The fourth-order valence-corrected chi connectivity index (χ4v) is 1.72. The zero-order valence-electron chi connectivity index (χ0n) is 10.3. The molecule has 1 radical (unpaired) electrons. The third-order valence-corrected chi connectivity index (χ3v) is 2.55. The third kappa shape index (κ3) is 3.41. The highest BCUT2D eigenvalue weighted by atomic mass is 16.5. The number of benzene rings is 1. The van der Waals surface area contributed by atoms with Crippen LogP contribution in [-0.2, 0) is 6.42 Å². The lowest BCUT2D eigenvalue weighted by molar-refractivity contribution is 0.339. The Morgan fingerprint density at radius 1 is 1.31 bits per heavy atom. The predicted molar refractivity (Wildman–Crippen MR) is 69.9 cm³/mol. The van der Waals surface area contributed by atoms with Crippen molar-refractivity contribution in [2.24, 2.45) is 0 Å². The molecule has 0 aliphatic heterocycles. The molecule has 0 aromatic heterocycles. The van der Waals surface area contributed by atoms with E-state index in [0.29, 0.717) is 6.61 Å². The summed E-state index contributed by atoms with van der Waals surface area (Å²) >= 11 is 0. The standard InChI is InChI=1S/C15H21O/c1-5-8-13-9-14(12(4)6-2)11-15(10-13)16-7-3/h6,9-12H,2,4-5,7-8H2,1,3H3. The summed E-state index contributed by atoms with van der Waals surface area (Å²) in [6.45, 7) is 12.7. The van der Waals surface area contributed by atoms with Gasteiger partial charge in [-0.15, -0.1) is 6.58 Å². The maximum Gasteiger partial charge on any atom is 0.119 e. The molecule has 1 unspecified atom stereocenters. The molecule has 0 bridgehead atoms. The molecule has 0 aliphatic carbocycles. The maximum atomic E-state index is 5.57. The Morgan fingerprint density at radius 3 is 2.62 bits per heavy atom. The van der Waals surface area contributed by atoms with Gasteiger partial charge in [0.05, 0.1) is 6.61 Å². The van der Waals surface area contributed by atoms with Crippen LogP contribution in [0.3, 0.4) is 0 Å². The van der Waals surface area contributed by atoms with Crippen LogP contribution >= 0.6 is 0 Å². The van der Waals surface area contributed by atoms with Crippen LogP contribution in [0.2, 0.25) is 0 Å². The molecule has 87 valence electrons. The van der Waals surface area contributed by atoms with Gasteiger partial charge in [-0.05, 0) is 43.5 Å². The van der Waals surface area contributed by atoms with E-state index in [2.05, 4.69) is 38.6 Å². The molecule has 0 N–H and O–H groups in total. The highest BCUT2D eigenvalue weighted by molar-refractivity contribution is 5.38. The first-order chi connectivity index (χ1) is 7.71. The van der Waals surface area contributed by atoms with E-state index in [-0.39, 0.29) is 5.92 Å². The second-order valence-electron chi connectivity index (χ2n) is 3.94. The van der Waals surface area contributed by atoms with Gasteiger partial charge in [0.1, 0.15) is 5.75 Å². The summed E-state index contributed by atoms with van der Waals surface area (Å²) in [6.07, 6.45) is 4.09. The number of aryl methyl sites for hydroxylation is 1. The lowest BCUT2D eigenvalue weighted by atomic mass is 9.97. The summed E-state index contributed by atoms with van der Waals surface area (Å²) in [5.41, 5.74) is 2.50. The predicted octanol–water partition coefficient (Wildman–Crippen LogP) is 4.14. The molecule has 16 heavy (non-hydrogen) atoms. The van der Waals surface area contributed by atoms with Crippen LogP contribution in [0.5, 0.6) is 5.75 Å². The van der Waals surface area contributed by atoms with Gasteiger partial charge in [-0.1, -0.05) is 25.5 Å². The van der Waals surface area contributed by atoms with Crippen LogP contribution in [0.1, 0.15) is 37.3 Å². The fraction of sp³-hybridized carbons (Fsp3) is 0.400. The van der Waals surface area contributed by atoms with Gasteiger partial charge in [-0.25, -0.2) is 0 Å². The Bertz CT molecular complexity index is 317. The molecule has 0 saturated heterocycles. The SMILES string of the molecule is [CH2]C(C=C)c1cc(CCC)cc(OCC)c1. The van der Waals surface area contributed by atoms with Gasteiger partial charge in [-0.2, -0.15) is 0 Å². The maximum absolute atomic E-state index is 5.57. The van der Waals surface area contributed by atoms with E-state index in [1.807, 2.05) is 13.0 Å². The van der Waals surface area contributed by atoms with E-state index in [0.717, 1.165) is 18.6 Å². The lowest BCUT2D eigenvalue weighted by Crippen LogP contribution is -1.97. The minimum Gasteiger partial charge on any atom is -0.494 e. The van der Waals surface area contributed by atoms with Crippen LogP contribution in [0.4, 0.5) is 0 Å². The van der Waals surface area contributed by atoms with E-state index >= 15 is 0 Å². The van der Waals surface area contributed by atoms with Crippen LogP contribution in [-0.4, -0.2) is 6.61 Å². The molecule has 0 heterocycles. The van der Waals surface area contributed by atoms with Crippen LogP contribution < -0.4 is 4.74 Å². The average molecular weight is 217 g/mol. The Balaban J connectivity index is 3.02. The van der Waals surface area contributed by atoms with Gasteiger partial charge < -0.3 is 4.74 Å². The molecule has 1 aromatic carbocycles.